The van der Waals surface area contributed by atoms with E-state index >= 15 is 0 Å². The maximum atomic E-state index is 12.7. The van der Waals surface area contributed by atoms with Crippen LogP contribution < -0.4 is 0 Å². The molecule has 3 rings (SSSR count). The molecule has 2 aliphatic rings. The van der Waals surface area contributed by atoms with Gasteiger partial charge in [0.15, 0.2) is 0 Å². The number of aliphatic hydroxyl groups is 1. The Morgan fingerprint density at radius 2 is 1.96 bits per heavy atom. The zero-order chi connectivity index (χ0) is 17.7. The van der Waals surface area contributed by atoms with E-state index in [4.69, 9.17) is 4.74 Å². The number of hydrogen-bond donors (Lipinski definition) is 1. The SMILES string of the molecule is CSc1ccc(CC(=O)N2CCOC[C@](O)(CN3CCCC3)C2)cc1. The van der Waals surface area contributed by atoms with Gasteiger partial charge < -0.3 is 19.6 Å². The average Bonchev–Trinajstić information content (AvgIpc) is 3.02. The van der Waals surface area contributed by atoms with Gasteiger partial charge in [-0.2, -0.15) is 0 Å². The van der Waals surface area contributed by atoms with E-state index in [2.05, 4.69) is 4.90 Å². The van der Waals surface area contributed by atoms with Crippen LogP contribution in [0.25, 0.3) is 0 Å². The van der Waals surface area contributed by atoms with Crippen LogP contribution in [0.1, 0.15) is 18.4 Å². The van der Waals surface area contributed by atoms with Gasteiger partial charge in [-0.15, -0.1) is 11.8 Å². The van der Waals surface area contributed by atoms with Gasteiger partial charge in [0.1, 0.15) is 5.60 Å². The highest BCUT2D eigenvalue weighted by molar-refractivity contribution is 7.98. The lowest BCUT2D eigenvalue weighted by Crippen LogP contribution is -2.53. The molecule has 1 aromatic rings. The third kappa shape index (κ3) is 5.20. The first-order valence-corrected chi connectivity index (χ1v) is 10.2. The second-order valence-electron chi connectivity index (χ2n) is 7.10. The van der Waals surface area contributed by atoms with Crippen molar-refractivity contribution in [3.8, 4) is 0 Å². The lowest BCUT2D eigenvalue weighted by molar-refractivity contribution is -0.133. The molecular weight excluding hydrogens is 336 g/mol. The molecule has 6 heteroatoms. The van der Waals surface area contributed by atoms with E-state index in [1.807, 2.05) is 30.5 Å². The summed E-state index contributed by atoms with van der Waals surface area (Å²) < 4.78 is 5.61. The van der Waals surface area contributed by atoms with Crippen molar-refractivity contribution in [1.82, 2.24) is 9.80 Å². The zero-order valence-electron chi connectivity index (χ0n) is 14.9. The largest absolute Gasteiger partial charge is 0.384 e. The molecule has 138 valence electrons. The summed E-state index contributed by atoms with van der Waals surface area (Å²) in [6, 6.07) is 8.11. The quantitative estimate of drug-likeness (QED) is 0.805. The first-order chi connectivity index (χ1) is 12.1. The van der Waals surface area contributed by atoms with Gasteiger partial charge in [-0.05, 0) is 49.9 Å². The minimum absolute atomic E-state index is 0.0576. The number of hydrogen-bond acceptors (Lipinski definition) is 5. The maximum absolute atomic E-state index is 12.7. The molecule has 0 unspecified atom stereocenters. The standard InChI is InChI=1S/C19H28N2O3S/c1-25-17-6-4-16(5-7-17)12-18(22)21-10-11-24-15-19(23,14-21)13-20-8-2-3-9-20/h4-7,23H,2-3,8-15H2,1H3/t19-/m0/s1. The number of β-amino-alcohol motifs (C(OH)–C–C–N with tert-alkyl or cyclic N) is 1. The Balaban J connectivity index is 1.61. The van der Waals surface area contributed by atoms with Crippen molar-refractivity contribution >= 4 is 17.7 Å². The minimum Gasteiger partial charge on any atom is -0.384 e. The van der Waals surface area contributed by atoms with E-state index in [0.29, 0.717) is 39.3 Å². The third-order valence-corrected chi connectivity index (χ3v) is 5.69. The maximum Gasteiger partial charge on any atom is 0.227 e. The molecule has 5 nitrogen and oxygen atoms in total. The summed E-state index contributed by atoms with van der Waals surface area (Å²) in [6.45, 7) is 4.32. The third-order valence-electron chi connectivity index (χ3n) is 4.95. The molecule has 0 aliphatic carbocycles. The van der Waals surface area contributed by atoms with Gasteiger partial charge in [-0.1, -0.05) is 12.1 Å². The molecule has 0 spiro atoms. The molecule has 0 aromatic heterocycles. The van der Waals surface area contributed by atoms with Crippen LogP contribution in [0.3, 0.4) is 0 Å². The smallest absolute Gasteiger partial charge is 0.227 e. The molecule has 25 heavy (non-hydrogen) atoms. The lowest BCUT2D eigenvalue weighted by Gasteiger charge is -2.34. The Morgan fingerprint density at radius 3 is 2.64 bits per heavy atom. The Hall–Kier alpha value is -1.08. The second kappa shape index (κ2) is 8.54. The van der Waals surface area contributed by atoms with Crippen molar-refractivity contribution in [3.63, 3.8) is 0 Å². The normalized spacial score (nSPS) is 25.1. The molecule has 1 atom stereocenters. The first kappa shape index (κ1) is 18.7. The summed E-state index contributed by atoms with van der Waals surface area (Å²) >= 11 is 1.69. The van der Waals surface area contributed by atoms with Crippen LogP contribution in [0.5, 0.6) is 0 Å². The highest BCUT2D eigenvalue weighted by Crippen LogP contribution is 2.19. The zero-order valence-corrected chi connectivity index (χ0v) is 15.8. The van der Waals surface area contributed by atoms with Crippen molar-refractivity contribution < 1.29 is 14.6 Å². The van der Waals surface area contributed by atoms with Gasteiger partial charge in [0.2, 0.25) is 5.91 Å². The van der Waals surface area contributed by atoms with Crippen LogP contribution in [-0.2, 0) is 16.0 Å². The number of ether oxygens (including phenoxy) is 1. The molecule has 2 fully saturated rings. The summed E-state index contributed by atoms with van der Waals surface area (Å²) in [5.41, 5.74) is 0.0372. The van der Waals surface area contributed by atoms with Crippen molar-refractivity contribution in [2.24, 2.45) is 0 Å². The fourth-order valence-corrected chi connectivity index (χ4v) is 4.02. The average molecular weight is 365 g/mol. The molecule has 0 bridgehead atoms. The lowest BCUT2D eigenvalue weighted by atomic mass is 10.0. The van der Waals surface area contributed by atoms with E-state index in [-0.39, 0.29) is 5.91 Å². The summed E-state index contributed by atoms with van der Waals surface area (Å²) in [5, 5.41) is 11.0. The number of carbonyl (C=O) groups is 1. The van der Waals surface area contributed by atoms with Crippen molar-refractivity contribution in [2.75, 3.05) is 52.2 Å². The summed E-state index contributed by atoms with van der Waals surface area (Å²) in [5.74, 6) is 0.0576. The number of likely N-dealkylation sites (tertiary alicyclic amines) is 1. The first-order valence-electron chi connectivity index (χ1n) is 9.01. The highest BCUT2D eigenvalue weighted by atomic mass is 32.2. The van der Waals surface area contributed by atoms with E-state index in [9.17, 15) is 9.90 Å². The van der Waals surface area contributed by atoms with E-state index < -0.39 is 5.60 Å². The molecular formula is C19H28N2O3S. The Kier molecular flexibility index (Phi) is 6.39. The van der Waals surface area contributed by atoms with Gasteiger partial charge in [0.25, 0.3) is 0 Å². The molecule has 2 heterocycles. The van der Waals surface area contributed by atoms with Crippen molar-refractivity contribution in [1.29, 1.82) is 0 Å². The van der Waals surface area contributed by atoms with Gasteiger partial charge >= 0.3 is 0 Å². The number of thioether (sulfide) groups is 1. The van der Waals surface area contributed by atoms with E-state index in [1.165, 1.54) is 17.7 Å². The van der Waals surface area contributed by atoms with Gasteiger partial charge in [0.05, 0.1) is 26.2 Å². The van der Waals surface area contributed by atoms with Gasteiger partial charge in [-0.25, -0.2) is 0 Å². The van der Waals surface area contributed by atoms with Crippen LogP contribution >= 0.6 is 11.8 Å². The monoisotopic (exact) mass is 364 g/mol. The number of benzene rings is 1. The van der Waals surface area contributed by atoms with Crippen LogP contribution in [0.15, 0.2) is 29.2 Å². The molecule has 1 aromatic carbocycles. The Morgan fingerprint density at radius 1 is 1.24 bits per heavy atom. The summed E-state index contributed by atoms with van der Waals surface area (Å²) in [6.07, 6.45) is 4.78. The number of rotatable bonds is 5. The molecule has 0 saturated carbocycles. The van der Waals surface area contributed by atoms with Crippen LogP contribution in [0, 0.1) is 0 Å². The number of nitrogens with zero attached hydrogens (tertiary/aromatic N) is 2. The topological polar surface area (TPSA) is 53.0 Å². The molecule has 1 N–H and O–H groups in total. The number of amides is 1. The fourth-order valence-electron chi connectivity index (χ4n) is 3.61. The van der Waals surface area contributed by atoms with Gasteiger partial charge in [-0.3, -0.25) is 4.79 Å². The predicted octanol–water partition coefficient (Wildman–Crippen LogP) is 1.64. The summed E-state index contributed by atoms with van der Waals surface area (Å²) in [4.78, 5) is 18.0. The van der Waals surface area contributed by atoms with Crippen LogP contribution in [-0.4, -0.2) is 78.6 Å². The Labute approximate surface area is 154 Å². The van der Waals surface area contributed by atoms with Crippen molar-refractivity contribution in [2.45, 2.75) is 29.8 Å². The van der Waals surface area contributed by atoms with Crippen LogP contribution in [0.4, 0.5) is 0 Å². The molecule has 1 amide bonds. The Bertz CT molecular complexity index is 575. The minimum atomic E-state index is -0.973. The molecule has 2 saturated heterocycles. The predicted molar refractivity (Wildman–Crippen MR) is 99.9 cm³/mol. The van der Waals surface area contributed by atoms with Crippen molar-refractivity contribution in [3.05, 3.63) is 29.8 Å². The number of carbonyl (C=O) groups excluding carboxylic acids is 1. The van der Waals surface area contributed by atoms with E-state index in [1.54, 1.807) is 16.7 Å². The second-order valence-corrected chi connectivity index (χ2v) is 7.98. The highest BCUT2D eigenvalue weighted by Gasteiger charge is 2.36. The fraction of sp³-hybridized carbons (Fsp3) is 0.632. The van der Waals surface area contributed by atoms with E-state index in [0.717, 1.165) is 18.7 Å². The van der Waals surface area contributed by atoms with Gasteiger partial charge in [0, 0.05) is 18.0 Å². The van der Waals surface area contributed by atoms with Crippen LogP contribution in [0.2, 0.25) is 0 Å². The molecule has 0 radical (unpaired) electrons. The summed E-state index contributed by atoms with van der Waals surface area (Å²) in [7, 11) is 0. The molecule has 2 aliphatic heterocycles.